The molecule has 0 aromatic heterocycles. The van der Waals surface area contributed by atoms with Gasteiger partial charge in [0.15, 0.2) is 0 Å². The Morgan fingerprint density at radius 2 is 1.51 bits per heavy atom. The molecular formula is C34H46ClF3O7. The third-order valence-corrected chi connectivity index (χ3v) is 8.78. The van der Waals surface area contributed by atoms with Gasteiger partial charge in [-0.2, -0.15) is 0 Å². The van der Waals surface area contributed by atoms with Crippen LogP contribution in [-0.2, 0) is 35.9 Å². The van der Waals surface area contributed by atoms with Crippen LogP contribution >= 0.6 is 11.6 Å². The predicted octanol–water partition coefficient (Wildman–Crippen LogP) is 7.72. The maximum absolute atomic E-state index is 12.7. The molecule has 1 N–H and O–H groups in total. The lowest BCUT2D eigenvalue weighted by atomic mass is 9.80. The first-order valence-corrected chi connectivity index (χ1v) is 16.4. The Kier molecular flexibility index (Phi) is 12.6. The van der Waals surface area contributed by atoms with Crippen LogP contribution in [0.1, 0.15) is 82.9 Å². The van der Waals surface area contributed by atoms with Crippen molar-refractivity contribution in [2.24, 2.45) is 0 Å². The third-order valence-electron chi connectivity index (χ3n) is 8.41. The first-order valence-electron chi connectivity index (χ1n) is 16.0. The van der Waals surface area contributed by atoms with Crippen LogP contribution in [0.5, 0.6) is 5.75 Å². The lowest BCUT2D eigenvalue weighted by Crippen LogP contribution is -2.69. The monoisotopic (exact) mass is 658 g/mol. The second-order valence-electron chi connectivity index (χ2n) is 11.8. The summed E-state index contributed by atoms with van der Waals surface area (Å²) in [5.41, 5.74) is 0.867. The van der Waals surface area contributed by atoms with Crippen LogP contribution in [-0.4, -0.2) is 67.9 Å². The molecule has 4 rings (SSSR count). The molecule has 2 bridgehead atoms. The van der Waals surface area contributed by atoms with Crippen molar-refractivity contribution >= 4 is 11.6 Å². The number of unbranched alkanes of at least 4 members (excludes halogenated alkanes) is 3. The van der Waals surface area contributed by atoms with Crippen molar-refractivity contribution in [3.8, 4) is 5.75 Å². The van der Waals surface area contributed by atoms with Gasteiger partial charge >= 0.3 is 6.36 Å². The Labute approximate surface area is 269 Å². The van der Waals surface area contributed by atoms with E-state index in [4.69, 9.17) is 35.3 Å². The fourth-order valence-electron chi connectivity index (χ4n) is 5.89. The van der Waals surface area contributed by atoms with Gasteiger partial charge in [-0.1, -0.05) is 69.8 Å². The van der Waals surface area contributed by atoms with E-state index < -0.39 is 42.2 Å². The van der Waals surface area contributed by atoms with Gasteiger partial charge in [-0.05, 0) is 68.0 Å². The highest BCUT2D eigenvalue weighted by Gasteiger charge is 2.70. The minimum absolute atomic E-state index is 0.0569. The van der Waals surface area contributed by atoms with E-state index in [1.165, 1.54) is 12.1 Å². The van der Waals surface area contributed by atoms with Crippen molar-refractivity contribution in [1.82, 2.24) is 0 Å². The molecule has 2 aromatic carbocycles. The number of aliphatic hydroxyl groups excluding tert-OH is 1. The van der Waals surface area contributed by atoms with Gasteiger partial charge in [0.1, 0.15) is 29.7 Å². The second kappa shape index (κ2) is 15.8. The molecule has 45 heavy (non-hydrogen) atoms. The number of alkyl halides is 3. The smallest absolute Gasteiger partial charge is 0.406 e. The van der Waals surface area contributed by atoms with E-state index in [0.29, 0.717) is 42.4 Å². The molecule has 0 spiro atoms. The van der Waals surface area contributed by atoms with Gasteiger partial charge in [-0.25, -0.2) is 0 Å². The van der Waals surface area contributed by atoms with Gasteiger partial charge < -0.3 is 33.5 Å². The molecule has 0 radical (unpaired) electrons. The molecule has 252 valence electrons. The maximum Gasteiger partial charge on any atom is 0.573 e. The largest absolute Gasteiger partial charge is 0.573 e. The molecule has 2 aliphatic heterocycles. The lowest BCUT2D eigenvalue weighted by molar-refractivity contribution is -0.355. The van der Waals surface area contributed by atoms with E-state index in [-0.39, 0.29) is 12.4 Å². The van der Waals surface area contributed by atoms with E-state index in [9.17, 15) is 18.3 Å². The van der Waals surface area contributed by atoms with Gasteiger partial charge in [0.05, 0.1) is 12.7 Å². The highest BCUT2D eigenvalue weighted by atomic mass is 35.5. The summed E-state index contributed by atoms with van der Waals surface area (Å²) in [6.07, 6.45) is -2.06. The number of halogens is 4. The van der Waals surface area contributed by atoms with E-state index in [0.717, 1.165) is 44.1 Å². The first-order chi connectivity index (χ1) is 21.5. The molecular weight excluding hydrogens is 613 g/mol. The number of hydrogen-bond acceptors (Lipinski definition) is 7. The molecule has 2 heterocycles. The van der Waals surface area contributed by atoms with Gasteiger partial charge in [0.25, 0.3) is 0 Å². The normalized spacial score (nSPS) is 27.1. The van der Waals surface area contributed by atoms with Crippen molar-refractivity contribution in [1.29, 1.82) is 0 Å². The summed E-state index contributed by atoms with van der Waals surface area (Å²) in [6.45, 7) is 9.39. The standard InChI is InChI=1S/C34H46ClF3O7/c1-5-8-17-40-29-30(41-18-9-6-2)32(23(4)39)22-43-33(45-32,31(29)42-19-10-7-3)26-13-16-28(35)25(21-26)20-24-11-14-27(15-12-24)44-34(36,37)38/h11-16,21,23,29-31,39H,5-10,17-20,22H2,1-4H3/t23?,29-,30-,31+,32+,33-/m0/s1. The number of rotatable bonds is 17. The number of aliphatic hydroxyl groups is 1. The quantitative estimate of drug-likeness (QED) is 0.175. The molecule has 2 aliphatic rings. The van der Waals surface area contributed by atoms with Crippen LogP contribution in [0.25, 0.3) is 0 Å². The second-order valence-corrected chi connectivity index (χ2v) is 12.2. The Morgan fingerprint density at radius 3 is 2.09 bits per heavy atom. The SMILES string of the molecule is CCCCO[C@@H]1[C@@H](OCCCC)[C@@]2(c3ccc(Cl)c(Cc4ccc(OC(F)(F)F)cc4)c3)OC[C@](C(C)O)(O2)[C@H]1OCCCC. The summed E-state index contributed by atoms with van der Waals surface area (Å²) in [6, 6.07) is 11.1. The summed E-state index contributed by atoms with van der Waals surface area (Å²) in [7, 11) is 0. The van der Waals surface area contributed by atoms with Crippen molar-refractivity contribution in [2.45, 2.75) is 115 Å². The highest BCUT2D eigenvalue weighted by molar-refractivity contribution is 6.31. The lowest BCUT2D eigenvalue weighted by Gasteiger charge is -2.52. The average Bonchev–Trinajstić information content (AvgIpc) is 3.36. The van der Waals surface area contributed by atoms with Crippen molar-refractivity contribution in [3.63, 3.8) is 0 Å². The predicted molar refractivity (Wildman–Crippen MR) is 164 cm³/mol. The first kappa shape index (κ1) is 35.9. The van der Waals surface area contributed by atoms with Gasteiger partial charge in [-0.15, -0.1) is 13.2 Å². The molecule has 7 nitrogen and oxygen atoms in total. The van der Waals surface area contributed by atoms with E-state index in [1.807, 2.05) is 12.1 Å². The number of ether oxygens (including phenoxy) is 6. The molecule has 6 atom stereocenters. The highest BCUT2D eigenvalue weighted by Crippen LogP contribution is 2.54. The number of hydrogen-bond donors (Lipinski definition) is 1. The fourth-order valence-corrected chi connectivity index (χ4v) is 6.07. The zero-order valence-corrected chi connectivity index (χ0v) is 27.3. The molecule has 11 heteroatoms. The summed E-state index contributed by atoms with van der Waals surface area (Å²) < 4.78 is 75.1. The van der Waals surface area contributed by atoms with Crippen molar-refractivity contribution in [3.05, 3.63) is 64.2 Å². The van der Waals surface area contributed by atoms with Crippen LogP contribution in [0.3, 0.4) is 0 Å². The zero-order valence-electron chi connectivity index (χ0n) is 26.5. The van der Waals surface area contributed by atoms with Gasteiger partial charge in [-0.3, -0.25) is 0 Å². The van der Waals surface area contributed by atoms with Crippen LogP contribution in [0.4, 0.5) is 13.2 Å². The Balaban J connectivity index is 1.74. The fraction of sp³-hybridized carbons (Fsp3) is 0.647. The Bertz CT molecular complexity index is 1210. The molecule has 0 amide bonds. The van der Waals surface area contributed by atoms with Crippen molar-refractivity contribution in [2.75, 3.05) is 26.4 Å². The summed E-state index contributed by atoms with van der Waals surface area (Å²) >= 11 is 6.66. The topological polar surface area (TPSA) is 75.6 Å². The van der Waals surface area contributed by atoms with E-state index in [1.54, 1.807) is 25.1 Å². The van der Waals surface area contributed by atoms with Crippen molar-refractivity contribution < 1.29 is 46.7 Å². The summed E-state index contributed by atoms with van der Waals surface area (Å²) in [5, 5.41) is 11.7. The van der Waals surface area contributed by atoms with Crippen LogP contribution in [0, 0.1) is 0 Å². The average molecular weight is 659 g/mol. The minimum Gasteiger partial charge on any atom is -0.406 e. The molecule has 2 saturated heterocycles. The maximum atomic E-state index is 12.7. The van der Waals surface area contributed by atoms with Gasteiger partial charge in [0, 0.05) is 30.4 Å². The summed E-state index contributed by atoms with van der Waals surface area (Å²) in [4.78, 5) is 0. The van der Waals surface area contributed by atoms with E-state index in [2.05, 4.69) is 25.5 Å². The van der Waals surface area contributed by atoms with Gasteiger partial charge in [0.2, 0.25) is 5.79 Å². The molecule has 2 aromatic rings. The Hall–Kier alpha value is -1.92. The number of benzene rings is 2. The Morgan fingerprint density at radius 1 is 0.911 bits per heavy atom. The molecule has 0 saturated carbocycles. The number of fused-ring (bicyclic) bond motifs is 2. The van der Waals surface area contributed by atoms with E-state index >= 15 is 0 Å². The minimum atomic E-state index is -4.77. The summed E-state index contributed by atoms with van der Waals surface area (Å²) in [5.74, 6) is -1.73. The van der Waals surface area contributed by atoms with Crippen LogP contribution < -0.4 is 4.74 Å². The molecule has 2 fully saturated rings. The third kappa shape index (κ3) is 8.33. The van der Waals surface area contributed by atoms with Crippen LogP contribution in [0.15, 0.2) is 42.5 Å². The molecule has 1 unspecified atom stereocenters. The molecule has 0 aliphatic carbocycles. The zero-order chi connectivity index (χ0) is 32.7. The van der Waals surface area contributed by atoms with Crippen LogP contribution in [0.2, 0.25) is 5.02 Å².